The summed E-state index contributed by atoms with van der Waals surface area (Å²) in [5, 5.41) is 0. The molecular formula is C11H17N5. The van der Waals surface area contributed by atoms with E-state index in [1.807, 2.05) is 17.6 Å². The molecule has 16 heavy (non-hydrogen) atoms. The van der Waals surface area contributed by atoms with Gasteiger partial charge < -0.3 is 15.0 Å². The van der Waals surface area contributed by atoms with Crippen molar-refractivity contribution in [1.29, 1.82) is 0 Å². The second kappa shape index (κ2) is 4.00. The van der Waals surface area contributed by atoms with E-state index in [0.29, 0.717) is 11.9 Å². The molecule has 0 aliphatic rings. The van der Waals surface area contributed by atoms with Crippen LogP contribution >= 0.6 is 0 Å². The quantitative estimate of drug-likeness (QED) is 0.850. The Morgan fingerprint density at radius 1 is 1.56 bits per heavy atom. The fourth-order valence-electron chi connectivity index (χ4n) is 1.65. The largest absolute Gasteiger partial charge is 0.382 e. The van der Waals surface area contributed by atoms with Crippen LogP contribution in [0.4, 0.5) is 11.6 Å². The lowest BCUT2D eigenvalue weighted by Gasteiger charge is -2.25. The number of nitrogen functional groups attached to an aromatic ring is 1. The van der Waals surface area contributed by atoms with E-state index in [9.17, 15) is 0 Å². The molecule has 2 rings (SSSR count). The molecule has 5 nitrogen and oxygen atoms in total. The Labute approximate surface area is 94.9 Å². The smallest absolute Gasteiger partial charge is 0.180 e. The Hall–Kier alpha value is -1.78. The first-order valence-corrected chi connectivity index (χ1v) is 5.45. The number of hydrogen-bond donors (Lipinski definition) is 1. The molecule has 0 bridgehead atoms. The summed E-state index contributed by atoms with van der Waals surface area (Å²) >= 11 is 0. The maximum atomic E-state index is 5.78. The van der Waals surface area contributed by atoms with Crippen LogP contribution < -0.4 is 10.6 Å². The Morgan fingerprint density at radius 2 is 2.31 bits per heavy atom. The molecule has 2 aromatic heterocycles. The Kier molecular flexibility index (Phi) is 2.68. The van der Waals surface area contributed by atoms with E-state index < -0.39 is 0 Å². The van der Waals surface area contributed by atoms with Crippen molar-refractivity contribution in [2.75, 3.05) is 17.7 Å². The third kappa shape index (κ3) is 1.68. The summed E-state index contributed by atoms with van der Waals surface area (Å²) in [4.78, 5) is 10.8. The van der Waals surface area contributed by atoms with Gasteiger partial charge in [-0.3, -0.25) is 0 Å². The molecule has 2 aromatic rings. The van der Waals surface area contributed by atoms with Gasteiger partial charge in [0, 0.05) is 25.5 Å². The first-order valence-electron chi connectivity index (χ1n) is 5.45. The van der Waals surface area contributed by atoms with Crippen LogP contribution in [0.15, 0.2) is 18.6 Å². The normalized spacial score (nSPS) is 12.9. The number of imidazole rings is 1. The van der Waals surface area contributed by atoms with E-state index in [1.54, 1.807) is 12.4 Å². The second-order valence-corrected chi connectivity index (χ2v) is 4.02. The number of nitrogens with two attached hydrogens (primary N) is 1. The van der Waals surface area contributed by atoms with Gasteiger partial charge in [0.1, 0.15) is 5.82 Å². The van der Waals surface area contributed by atoms with Gasteiger partial charge in [-0.15, -0.1) is 0 Å². The van der Waals surface area contributed by atoms with Gasteiger partial charge in [-0.1, -0.05) is 6.92 Å². The minimum atomic E-state index is 0.412. The van der Waals surface area contributed by atoms with Crippen molar-refractivity contribution >= 4 is 17.3 Å². The fraction of sp³-hybridized carbons (Fsp3) is 0.455. The van der Waals surface area contributed by atoms with Crippen LogP contribution in [-0.2, 0) is 0 Å². The first kappa shape index (κ1) is 10.7. The van der Waals surface area contributed by atoms with Crippen LogP contribution in [0.5, 0.6) is 0 Å². The molecule has 1 atom stereocenters. The molecule has 1 unspecified atom stereocenters. The van der Waals surface area contributed by atoms with E-state index in [2.05, 4.69) is 28.7 Å². The van der Waals surface area contributed by atoms with E-state index in [4.69, 9.17) is 5.73 Å². The average molecular weight is 219 g/mol. The highest BCUT2D eigenvalue weighted by molar-refractivity contribution is 5.66. The summed E-state index contributed by atoms with van der Waals surface area (Å²) < 4.78 is 1.90. The van der Waals surface area contributed by atoms with Crippen molar-refractivity contribution in [3.05, 3.63) is 18.6 Å². The molecule has 0 radical (unpaired) electrons. The van der Waals surface area contributed by atoms with Crippen molar-refractivity contribution in [2.24, 2.45) is 0 Å². The van der Waals surface area contributed by atoms with E-state index in [0.717, 1.165) is 17.9 Å². The Bertz CT molecular complexity index is 490. The van der Waals surface area contributed by atoms with Crippen LogP contribution in [0.1, 0.15) is 20.3 Å². The molecular weight excluding hydrogens is 202 g/mol. The lowest BCUT2D eigenvalue weighted by Crippen LogP contribution is -2.29. The molecule has 0 saturated heterocycles. The maximum absolute atomic E-state index is 5.78. The lowest BCUT2D eigenvalue weighted by atomic mass is 10.2. The predicted octanol–water partition coefficient (Wildman–Crippen LogP) is 1.55. The topological polar surface area (TPSA) is 59.5 Å². The van der Waals surface area contributed by atoms with E-state index in [1.165, 1.54) is 0 Å². The van der Waals surface area contributed by atoms with Crippen LogP contribution in [0, 0.1) is 0 Å². The molecule has 0 aromatic carbocycles. The standard InChI is InChI=1S/C11H17N5/c1-4-8(2)15(3)11-10-13-5-6-16(10)7-9(12)14-11/h5-8H,4,12H2,1-3H3. The number of fused-ring (bicyclic) bond motifs is 1. The van der Waals surface area contributed by atoms with E-state index >= 15 is 0 Å². The van der Waals surface area contributed by atoms with Crippen molar-refractivity contribution in [3.63, 3.8) is 0 Å². The molecule has 0 amide bonds. The molecule has 2 heterocycles. The van der Waals surface area contributed by atoms with Crippen molar-refractivity contribution in [3.8, 4) is 0 Å². The molecule has 0 saturated carbocycles. The van der Waals surface area contributed by atoms with Crippen molar-refractivity contribution < 1.29 is 0 Å². The molecule has 86 valence electrons. The van der Waals surface area contributed by atoms with Gasteiger partial charge in [0.25, 0.3) is 0 Å². The summed E-state index contributed by atoms with van der Waals surface area (Å²) in [6.45, 7) is 4.31. The summed E-state index contributed by atoms with van der Waals surface area (Å²) in [7, 11) is 2.02. The first-order chi connectivity index (χ1) is 7.63. The van der Waals surface area contributed by atoms with Crippen LogP contribution in [-0.4, -0.2) is 27.5 Å². The maximum Gasteiger partial charge on any atom is 0.180 e. The second-order valence-electron chi connectivity index (χ2n) is 4.02. The number of hydrogen-bond acceptors (Lipinski definition) is 4. The van der Waals surface area contributed by atoms with Gasteiger partial charge in [0.2, 0.25) is 0 Å². The summed E-state index contributed by atoms with van der Waals surface area (Å²) in [6, 6.07) is 0.412. The zero-order chi connectivity index (χ0) is 11.7. The average Bonchev–Trinajstić information content (AvgIpc) is 2.73. The highest BCUT2D eigenvalue weighted by Gasteiger charge is 2.14. The highest BCUT2D eigenvalue weighted by atomic mass is 15.2. The molecule has 0 spiro atoms. The summed E-state index contributed by atoms with van der Waals surface area (Å²) in [5.41, 5.74) is 6.62. The third-order valence-corrected chi connectivity index (χ3v) is 2.96. The number of anilines is 2. The van der Waals surface area contributed by atoms with Crippen molar-refractivity contribution in [2.45, 2.75) is 26.3 Å². The van der Waals surface area contributed by atoms with E-state index in [-0.39, 0.29) is 0 Å². The monoisotopic (exact) mass is 219 g/mol. The van der Waals surface area contributed by atoms with Gasteiger partial charge in [0.05, 0.1) is 6.20 Å². The van der Waals surface area contributed by atoms with Crippen LogP contribution in [0.25, 0.3) is 5.65 Å². The van der Waals surface area contributed by atoms with Crippen LogP contribution in [0.3, 0.4) is 0 Å². The fourth-order valence-corrected chi connectivity index (χ4v) is 1.65. The van der Waals surface area contributed by atoms with Gasteiger partial charge in [-0.25, -0.2) is 9.97 Å². The van der Waals surface area contributed by atoms with Crippen LogP contribution in [0.2, 0.25) is 0 Å². The zero-order valence-electron chi connectivity index (χ0n) is 9.88. The molecule has 5 heteroatoms. The SMILES string of the molecule is CCC(C)N(C)c1nc(N)cn2ccnc12. The van der Waals surface area contributed by atoms with Gasteiger partial charge >= 0.3 is 0 Å². The minimum Gasteiger partial charge on any atom is -0.382 e. The number of rotatable bonds is 3. The Morgan fingerprint density at radius 3 is 3.00 bits per heavy atom. The number of aromatic nitrogens is 3. The minimum absolute atomic E-state index is 0.412. The highest BCUT2D eigenvalue weighted by Crippen LogP contribution is 2.20. The molecule has 0 fully saturated rings. The zero-order valence-corrected chi connectivity index (χ0v) is 9.88. The molecule has 2 N–H and O–H groups in total. The van der Waals surface area contributed by atoms with Gasteiger partial charge in [0.15, 0.2) is 11.5 Å². The number of nitrogens with zero attached hydrogens (tertiary/aromatic N) is 4. The summed E-state index contributed by atoms with van der Waals surface area (Å²) in [6.07, 6.45) is 6.46. The third-order valence-electron chi connectivity index (χ3n) is 2.96. The predicted molar refractivity (Wildman–Crippen MR) is 65.6 cm³/mol. The van der Waals surface area contributed by atoms with Gasteiger partial charge in [-0.2, -0.15) is 0 Å². The van der Waals surface area contributed by atoms with Crippen molar-refractivity contribution in [1.82, 2.24) is 14.4 Å². The lowest BCUT2D eigenvalue weighted by molar-refractivity contribution is 0.657. The van der Waals surface area contributed by atoms with Gasteiger partial charge in [-0.05, 0) is 13.3 Å². The Balaban J connectivity index is 2.53. The molecule has 0 aliphatic heterocycles. The summed E-state index contributed by atoms with van der Waals surface area (Å²) in [5.74, 6) is 1.34. The molecule has 0 aliphatic carbocycles.